The predicted octanol–water partition coefficient (Wildman–Crippen LogP) is 5.20. The van der Waals surface area contributed by atoms with E-state index in [2.05, 4.69) is 41.5 Å². The van der Waals surface area contributed by atoms with Crippen molar-refractivity contribution in [3.8, 4) is 11.1 Å². The number of carbonyl (C=O) groups is 1. The number of amides is 1. The minimum Gasteiger partial charge on any atom is -0.407 e. The minimum absolute atomic E-state index is 0.0981. The monoisotopic (exact) mass is 383 g/mol. The molecule has 0 unspecified atom stereocenters. The molecule has 3 aromatic carbocycles. The first-order valence-corrected chi connectivity index (χ1v) is 9.44. The van der Waals surface area contributed by atoms with Crippen molar-refractivity contribution in [2.75, 3.05) is 5.32 Å². The molecule has 0 saturated carbocycles. The second-order valence-electron chi connectivity index (χ2n) is 6.99. The average Bonchev–Trinajstić information content (AvgIpc) is 3.18. The summed E-state index contributed by atoms with van der Waals surface area (Å²) in [4.78, 5) is 12.5. The summed E-state index contributed by atoms with van der Waals surface area (Å²) in [6, 6.07) is 23.7. The Kier molecular flexibility index (Phi) is 5.20. The third kappa shape index (κ3) is 4.41. The van der Waals surface area contributed by atoms with Gasteiger partial charge in [0, 0.05) is 5.56 Å². The van der Waals surface area contributed by atoms with E-state index >= 15 is 0 Å². The number of benzene rings is 3. The fourth-order valence-corrected chi connectivity index (χ4v) is 3.08. The van der Waals surface area contributed by atoms with Gasteiger partial charge in [0.25, 0.3) is 5.91 Å². The maximum Gasteiger partial charge on any atom is 0.322 e. The summed E-state index contributed by atoms with van der Waals surface area (Å²) in [6.45, 7) is 4.15. The number of rotatable bonds is 5. The highest BCUT2D eigenvalue weighted by molar-refractivity contribution is 6.03. The summed E-state index contributed by atoms with van der Waals surface area (Å²) in [5.74, 6) is 0.175. The zero-order chi connectivity index (χ0) is 20.2. The average molecular weight is 383 g/mol. The number of carbonyl (C=O) groups excluding carboxylic acids is 1. The Morgan fingerprint density at radius 1 is 0.862 bits per heavy atom. The van der Waals surface area contributed by atoms with Gasteiger partial charge in [-0.3, -0.25) is 10.1 Å². The first-order valence-electron chi connectivity index (χ1n) is 9.44. The molecule has 0 radical (unpaired) electrons. The van der Waals surface area contributed by atoms with Gasteiger partial charge < -0.3 is 4.42 Å². The molecule has 29 heavy (non-hydrogen) atoms. The van der Waals surface area contributed by atoms with Crippen molar-refractivity contribution in [2.24, 2.45) is 0 Å². The molecule has 5 heteroatoms. The molecule has 0 aliphatic carbocycles. The number of aryl methyl sites for hydroxylation is 2. The summed E-state index contributed by atoms with van der Waals surface area (Å²) >= 11 is 0. The normalized spacial score (nSPS) is 10.7. The lowest BCUT2D eigenvalue weighted by molar-refractivity contribution is 0.102. The van der Waals surface area contributed by atoms with Crippen LogP contribution in [0.1, 0.15) is 32.9 Å². The Balaban J connectivity index is 1.41. The van der Waals surface area contributed by atoms with Crippen molar-refractivity contribution in [3.05, 3.63) is 101 Å². The van der Waals surface area contributed by atoms with Gasteiger partial charge in [-0.25, -0.2) is 0 Å². The molecule has 0 spiro atoms. The Bertz CT molecular complexity index is 1130. The van der Waals surface area contributed by atoms with E-state index in [1.54, 1.807) is 12.1 Å². The van der Waals surface area contributed by atoms with Crippen LogP contribution in [-0.2, 0) is 6.42 Å². The maximum absolute atomic E-state index is 12.5. The minimum atomic E-state index is -0.286. The van der Waals surface area contributed by atoms with Gasteiger partial charge in [-0.05, 0) is 53.8 Å². The molecule has 0 aliphatic heterocycles. The molecular formula is C24H21N3O2. The summed E-state index contributed by atoms with van der Waals surface area (Å²) in [5, 5.41) is 10.6. The number of nitrogens with zero attached hydrogens (tertiary/aromatic N) is 2. The van der Waals surface area contributed by atoms with Gasteiger partial charge in [-0.2, -0.15) is 0 Å². The van der Waals surface area contributed by atoms with Crippen LogP contribution in [0.2, 0.25) is 0 Å². The molecule has 4 aromatic rings. The highest BCUT2D eigenvalue weighted by atomic mass is 16.4. The third-order valence-corrected chi connectivity index (χ3v) is 4.87. The van der Waals surface area contributed by atoms with Crippen LogP contribution in [0.3, 0.4) is 0 Å². The first-order chi connectivity index (χ1) is 14.1. The van der Waals surface area contributed by atoms with Gasteiger partial charge in [-0.1, -0.05) is 65.8 Å². The number of anilines is 1. The number of aromatic nitrogens is 2. The van der Waals surface area contributed by atoms with Crippen LogP contribution in [-0.4, -0.2) is 16.1 Å². The molecule has 1 amide bonds. The quantitative estimate of drug-likeness (QED) is 0.514. The second kappa shape index (κ2) is 8.10. The van der Waals surface area contributed by atoms with E-state index in [0.717, 1.165) is 16.7 Å². The van der Waals surface area contributed by atoms with Crippen molar-refractivity contribution in [1.82, 2.24) is 10.2 Å². The lowest BCUT2D eigenvalue weighted by Gasteiger charge is -2.04. The summed E-state index contributed by atoms with van der Waals surface area (Å²) in [6.07, 6.45) is 0.524. The van der Waals surface area contributed by atoms with Gasteiger partial charge in [-0.15, -0.1) is 5.10 Å². The summed E-state index contributed by atoms with van der Waals surface area (Å²) in [5.41, 5.74) is 6.23. The molecule has 1 heterocycles. The predicted molar refractivity (Wildman–Crippen MR) is 113 cm³/mol. The van der Waals surface area contributed by atoms with E-state index < -0.39 is 0 Å². The van der Waals surface area contributed by atoms with Crippen LogP contribution in [0.4, 0.5) is 6.01 Å². The van der Waals surface area contributed by atoms with E-state index in [1.165, 1.54) is 11.1 Å². The summed E-state index contributed by atoms with van der Waals surface area (Å²) in [7, 11) is 0. The molecule has 0 fully saturated rings. The highest BCUT2D eigenvalue weighted by Crippen LogP contribution is 2.20. The first kappa shape index (κ1) is 18.6. The summed E-state index contributed by atoms with van der Waals surface area (Å²) < 4.78 is 5.59. The zero-order valence-electron chi connectivity index (χ0n) is 16.3. The highest BCUT2D eigenvalue weighted by Gasteiger charge is 2.12. The molecular weight excluding hydrogens is 362 g/mol. The third-order valence-electron chi connectivity index (χ3n) is 4.87. The van der Waals surface area contributed by atoms with E-state index in [4.69, 9.17) is 4.42 Å². The Morgan fingerprint density at radius 3 is 2.31 bits per heavy atom. The smallest absolute Gasteiger partial charge is 0.322 e. The number of nitrogens with one attached hydrogen (secondary N) is 1. The van der Waals surface area contributed by atoms with Gasteiger partial charge in [0.2, 0.25) is 5.89 Å². The SMILES string of the molecule is Cc1ccc(Cc2nnc(NC(=O)c3ccc(-c4ccccc4)cc3)o2)cc1C. The molecule has 1 aromatic heterocycles. The number of hydrogen-bond acceptors (Lipinski definition) is 4. The second-order valence-corrected chi connectivity index (χ2v) is 6.99. The van der Waals surface area contributed by atoms with Crippen molar-refractivity contribution in [1.29, 1.82) is 0 Å². The van der Waals surface area contributed by atoms with Gasteiger partial charge in [0.1, 0.15) is 0 Å². The van der Waals surface area contributed by atoms with E-state index in [1.807, 2.05) is 48.5 Å². The Labute approximate surface area is 169 Å². The zero-order valence-corrected chi connectivity index (χ0v) is 16.3. The molecule has 4 rings (SSSR count). The Morgan fingerprint density at radius 2 is 1.59 bits per heavy atom. The molecule has 144 valence electrons. The van der Waals surface area contributed by atoms with Crippen LogP contribution in [0, 0.1) is 13.8 Å². The maximum atomic E-state index is 12.5. The van der Waals surface area contributed by atoms with Crippen LogP contribution in [0.5, 0.6) is 0 Å². The van der Waals surface area contributed by atoms with Gasteiger partial charge in [0.15, 0.2) is 0 Å². The van der Waals surface area contributed by atoms with Crippen molar-refractivity contribution in [3.63, 3.8) is 0 Å². The lowest BCUT2D eigenvalue weighted by atomic mass is 10.0. The van der Waals surface area contributed by atoms with Crippen LogP contribution >= 0.6 is 0 Å². The molecule has 5 nitrogen and oxygen atoms in total. The van der Waals surface area contributed by atoms with E-state index in [-0.39, 0.29) is 11.9 Å². The molecule has 0 atom stereocenters. The largest absolute Gasteiger partial charge is 0.407 e. The standard InChI is InChI=1S/C24H21N3O2/c1-16-8-9-18(14-17(16)2)15-22-26-27-24(29-22)25-23(28)21-12-10-20(11-13-21)19-6-4-3-5-7-19/h3-14H,15H2,1-2H3,(H,25,27,28). The van der Waals surface area contributed by atoms with Crippen molar-refractivity contribution in [2.45, 2.75) is 20.3 Å². The van der Waals surface area contributed by atoms with E-state index in [9.17, 15) is 4.79 Å². The topological polar surface area (TPSA) is 68.0 Å². The van der Waals surface area contributed by atoms with Crippen LogP contribution in [0.15, 0.2) is 77.2 Å². The van der Waals surface area contributed by atoms with Gasteiger partial charge >= 0.3 is 6.01 Å². The lowest BCUT2D eigenvalue weighted by Crippen LogP contribution is -2.11. The fraction of sp³-hybridized carbons (Fsp3) is 0.125. The Hall–Kier alpha value is -3.73. The molecule has 1 N–H and O–H groups in total. The fourth-order valence-electron chi connectivity index (χ4n) is 3.08. The molecule has 0 bridgehead atoms. The number of hydrogen-bond donors (Lipinski definition) is 1. The van der Waals surface area contributed by atoms with Crippen molar-refractivity contribution < 1.29 is 9.21 Å². The molecule has 0 aliphatic rings. The van der Waals surface area contributed by atoms with Crippen molar-refractivity contribution >= 4 is 11.9 Å². The van der Waals surface area contributed by atoms with E-state index in [0.29, 0.717) is 17.9 Å². The van der Waals surface area contributed by atoms with Gasteiger partial charge in [0.05, 0.1) is 6.42 Å². The molecule has 0 saturated heterocycles. The van der Waals surface area contributed by atoms with Crippen LogP contribution in [0.25, 0.3) is 11.1 Å². The van der Waals surface area contributed by atoms with Crippen LogP contribution < -0.4 is 5.32 Å².